The minimum absolute atomic E-state index is 0.00458. The Bertz CT molecular complexity index is 2670. The molecule has 0 radical (unpaired) electrons. The number of aliphatic hydroxyl groups excluding tert-OH is 1. The molecule has 0 spiro atoms. The number of fused-ring (bicyclic) bond motifs is 3. The fourth-order valence-electron chi connectivity index (χ4n) is 6.93. The molecule has 1 saturated heterocycles. The van der Waals surface area contributed by atoms with Gasteiger partial charge in [0.25, 0.3) is 0 Å². The Morgan fingerprint density at radius 2 is 1.26 bits per heavy atom. The lowest BCUT2D eigenvalue weighted by molar-refractivity contribution is -0.479. The van der Waals surface area contributed by atoms with Crippen molar-refractivity contribution in [2.75, 3.05) is 39.9 Å². The van der Waals surface area contributed by atoms with Crippen LogP contribution in [-0.4, -0.2) is 135 Å². The number of hydrogen-bond donors (Lipinski definition) is 3. The zero-order chi connectivity index (χ0) is 53.6. The molecule has 2 aliphatic rings. The number of benzene rings is 2. The predicted octanol–water partition coefficient (Wildman–Crippen LogP) is 3.22. The lowest BCUT2D eigenvalue weighted by Crippen LogP contribution is -2.62. The first-order valence-electron chi connectivity index (χ1n) is 21.6. The van der Waals surface area contributed by atoms with Crippen molar-refractivity contribution in [2.45, 2.75) is 96.1 Å². The molecule has 0 saturated carbocycles. The van der Waals surface area contributed by atoms with Crippen LogP contribution in [0, 0.1) is 40.5 Å². The number of nitro groups is 4. The van der Waals surface area contributed by atoms with Crippen molar-refractivity contribution in [3.8, 4) is 34.1 Å². The summed E-state index contributed by atoms with van der Waals surface area (Å²) in [6.07, 6.45) is -6.86. The van der Waals surface area contributed by atoms with Gasteiger partial charge in [-0.25, -0.2) is 4.79 Å². The van der Waals surface area contributed by atoms with Gasteiger partial charge in [0.1, 0.15) is 77.9 Å². The van der Waals surface area contributed by atoms with Gasteiger partial charge in [0, 0.05) is 25.3 Å². The van der Waals surface area contributed by atoms with E-state index >= 15 is 0 Å². The lowest BCUT2D eigenvalue weighted by Gasteiger charge is -2.42. The third-order valence-electron chi connectivity index (χ3n) is 10.3. The molecule has 5 unspecified atom stereocenters. The highest BCUT2D eigenvalue weighted by atomic mass is 16.7. The summed E-state index contributed by atoms with van der Waals surface area (Å²) in [7, 11) is 1.52. The smallest absolute Gasteiger partial charge is 0.348 e. The first-order chi connectivity index (χ1) is 33.8. The van der Waals surface area contributed by atoms with Crippen LogP contribution in [-0.2, 0) is 49.3 Å². The molecule has 1 aromatic heterocycles. The molecule has 5 rings (SSSR count). The molecule has 72 heavy (non-hydrogen) atoms. The molecule has 3 aromatic rings. The molecule has 0 aliphatic carbocycles. The van der Waals surface area contributed by atoms with Crippen LogP contribution in [0.1, 0.15) is 64.5 Å². The number of nitrogens with zero attached hydrogens (tertiary/aromatic N) is 4. The normalized spacial score (nSPS) is 18.4. The van der Waals surface area contributed by atoms with Crippen molar-refractivity contribution >= 4 is 40.9 Å². The van der Waals surface area contributed by atoms with E-state index in [0.717, 1.165) is 11.1 Å². The second kappa shape index (κ2) is 25.0. The Hall–Kier alpha value is -8.27. The van der Waals surface area contributed by atoms with E-state index in [9.17, 15) is 79.7 Å². The summed E-state index contributed by atoms with van der Waals surface area (Å²) < 4.78 is 42.9. The first kappa shape index (κ1) is 56.3. The topological polar surface area (TPSA) is 396 Å². The summed E-state index contributed by atoms with van der Waals surface area (Å²) in [4.78, 5) is 100. The van der Waals surface area contributed by atoms with Gasteiger partial charge in [-0.1, -0.05) is 23.8 Å². The highest BCUT2D eigenvalue weighted by molar-refractivity contribution is 6.02. The minimum Gasteiger partial charge on any atom is -0.508 e. The minimum atomic E-state index is -2.22. The molecule has 1 fully saturated rings. The molecule has 0 amide bonds. The third-order valence-corrected chi connectivity index (χ3v) is 10.3. The zero-order valence-corrected chi connectivity index (χ0v) is 39.2. The highest BCUT2D eigenvalue weighted by Gasteiger charge is 2.52. The van der Waals surface area contributed by atoms with Gasteiger partial charge in [0.15, 0.2) is 30.2 Å². The molecule has 3 heterocycles. The summed E-state index contributed by atoms with van der Waals surface area (Å²) in [5.74, 6) is -4.29. The van der Waals surface area contributed by atoms with Gasteiger partial charge in [-0.05, 0) is 64.0 Å². The summed E-state index contributed by atoms with van der Waals surface area (Å²) in [6.45, 7) is 3.43. The number of aliphatic hydroxyl groups is 1. The van der Waals surface area contributed by atoms with Crippen molar-refractivity contribution in [3.05, 3.63) is 104 Å². The molecular formula is C44H50N4O24. The van der Waals surface area contributed by atoms with E-state index in [4.69, 9.17) is 37.6 Å². The standard InChI is InChI=1S/C26H26O6.C18H24N4O18/c1-14(2)6-11-17-22-18(12-13-26(3,4)32-22)24-20(23(17)30-5)21(28)19(25(29)31-24)15-7-9-16(27)10-8-15;23-11(1-5-19(28)29)36-9-10-15(38-12(24)2-6-20(30)31)16(39-13(25)3-7-21(32)33)17(18(27)37-10)40-14(26)4-8-22(34)35/h6-10,12-13,27-28H,11H2,1-5H3;10,15-18,27H,1-9H2. The lowest BCUT2D eigenvalue weighted by atomic mass is 9.93. The van der Waals surface area contributed by atoms with E-state index in [1.165, 1.54) is 19.2 Å². The molecular weight excluding hydrogens is 968 g/mol. The largest absolute Gasteiger partial charge is 0.508 e. The van der Waals surface area contributed by atoms with E-state index in [0.29, 0.717) is 34.4 Å². The van der Waals surface area contributed by atoms with Crippen LogP contribution in [0.4, 0.5) is 0 Å². The second-order valence-electron chi connectivity index (χ2n) is 16.5. The van der Waals surface area contributed by atoms with Crippen LogP contribution < -0.4 is 15.1 Å². The fourth-order valence-corrected chi connectivity index (χ4v) is 6.93. The third kappa shape index (κ3) is 15.6. The number of phenols is 1. The van der Waals surface area contributed by atoms with Crippen molar-refractivity contribution in [2.24, 2.45) is 0 Å². The number of phenolic OH excluding ortho intramolecular Hbond substituents is 1. The number of hydrogen-bond acceptors (Lipinski definition) is 24. The van der Waals surface area contributed by atoms with Gasteiger partial charge >= 0.3 is 29.5 Å². The Morgan fingerprint density at radius 1 is 0.764 bits per heavy atom. The van der Waals surface area contributed by atoms with E-state index in [-0.39, 0.29) is 22.6 Å². The number of allylic oxidation sites excluding steroid dienone is 2. The van der Waals surface area contributed by atoms with Gasteiger partial charge in [0.05, 0.1) is 12.7 Å². The second-order valence-corrected chi connectivity index (χ2v) is 16.5. The van der Waals surface area contributed by atoms with Gasteiger partial charge < -0.3 is 52.9 Å². The molecule has 5 atom stereocenters. The summed E-state index contributed by atoms with van der Waals surface area (Å²) in [6, 6.07) is 5.99. The Morgan fingerprint density at radius 3 is 1.76 bits per heavy atom. The number of methoxy groups -OCH3 is 1. The monoisotopic (exact) mass is 1020 g/mol. The van der Waals surface area contributed by atoms with Crippen LogP contribution >= 0.6 is 0 Å². The Kier molecular flexibility index (Phi) is 19.6. The molecule has 2 aliphatic heterocycles. The molecule has 28 nitrogen and oxygen atoms in total. The van der Waals surface area contributed by atoms with E-state index in [1.807, 2.05) is 39.8 Å². The van der Waals surface area contributed by atoms with E-state index in [2.05, 4.69) is 6.08 Å². The summed E-state index contributed by atoms with van der Waals surface area (Å²) in [5.41, 5.74) is 1.85. The molecule has 3 N–H and O–H groups in total. The van der Waals surface area contributed by atoms with Crippen molar-refractivity contribution in [1.29, 1.82) is 0 Å². The number of esters is 4. The van der Waals surface area contributed by atoms with Crippen molar-refractivity contribution in [3.63, 3.8) is 0 Å². The number of carbonyl (C=O) groups excluding carboxylic acids is 4. The zero-order valence-electron chi connectivity index (χ0n) is 39.2. The summed E-state index contributed by atoms with van der Waals surface area (Å²) in [5, 5.41) is 73.9. The average Bonchev–Trinajstić information content (AvgIpc) is 3.29. The molecule has 28 heteroatoms. The molecule has 390 valence electrons. The van der Waals surface area contributed by atoms with E-state index in [1.54, 1.807) is 12.1 Å². The summed E-state index contributed by atoms with van der Waals surface area (Å²) >= 11 is 0. The fraction of sp³-hybridized carbons (Fsp3) is 0.477. The SMILES string of the molecule is COc1c(CC=C(C)C)c2c(c3oc(=O)c(-c4ccc(O)cc4)c(O)c13)C=CC(C)(C)O2.O=C(CC[N+](=O)[O-])OCC1OC(O)C(OC(=O)CC[N+](=O)[O-])C(OC(=O)CC[N+](=O)[O-])C1OC(=O)CC[N+](=O)[O-]. The quantitative estimate of drug-likeness (QED) is 0.0344. The average molecular weight is 1020 g/mol. The molecule has 2 aromatic carbocycles. The van der Waals surface area contributed by atoms with Gasteiger partial charge in [-0.3, -0.25) is 59.6 Å². The van der Waals surface area contributed by atoms with Crippen LogP contribution in [0.2, 0.25) is 0 Å². The van der Waals surface area contributed by atoms with Gasteiger partial charge in [-0.2, -0.15) is 0 Å². The van der Waals surface area contributed by atoms with Gasteiger partial charge in [0.2, 0.25) is 26.2 Å². The highest BCUT2D eigenvalue weighted by Crippen LogP contribution is 2.49. The number of aromatic hydroxyl groups is 2. The van der Waals surface area contributed by atoms with Crippen LogP contribution in [0.3, 0.4) is 0 Å². The number of rotatable bonds is 21. The van der Waals surface area contributed by atoms with Crippen molar-refractivity contribution in [1.82, 2.24) is 0 Å². The van der Waals surface area contributed by atoms with Crippen LogP contribution in [0.15, 0.2) is 51.2 Å². The van der Waals surface area contributed by atoms with Crippen LogP contribution in [0.5, 0.6) is 23.0 Å². The maximum atomic E-state index is 12.9. The van der Waals surface area contributed by atoms with Crippen molar-refractivity contribution < 1.29 is 91.8 Å². The van der Waals surface area contributed by atoms with Gasteiger partial charge in [-0.15, -0.1) is 0 Å². The van der Waals surface area contributed by atoms with Crippen LogP contribution in [0.25, 0.3) is 28.2 Å². The number of ether oxygens (including phenoxy) is 7. The maximum Gasteiger partial charge on any atom is 0.348 e. The predicted molar refractivity (Wildman–Crippen MR) is 242 cm³/mol. The number of carbonyl (C=O) groups is 4. The Labute approximate surface area is 406 Å². The van der Waals surface area contributed by atoms with E-state index < -0.39 is 144 Å². The maximum absolute atomic E-state index is 12.9. The molecule has 0 bridgehead atoms. The first-order valence-corrected chi connectivity index (χ1v) is 21.6. The Balaban J connectivity index is 0.000000319.